The molecule has 100 valence electrons. The van der Waals surface area contributed by atoms with Crippen molar-refractivity contribution in [3.8, 4) is 0 Å². The predicted molar refractivity (Wildman–Crippen MR) is 66.5 cm³/mol. The van der Waals surface area contributed by atoms with Gasteiger partial charge in [-0.3, -0.25) is 0 Å². The van der Waals surface area contributed by atoms with Gasteiger partial charge in [-0.25, -0.2) is 18.4 Å². The summed E-state index contributed by atoms with van der Waals surface area (Å²) in [6.45, 7) is 1.84. The second-order valence-corrected chi connectivity index (χ2v) is 7.02. The number of nitrogens with two attached hydrogens (primary N) is 1. The molecule has 6 nitrogen and oxygen atoms in total. The minimum Gasteiger partial charge on any atom is -0.386 e. The Bertz CT molecular complexity index is 546. The van der Waals surface area contributed by atoms with E-state index in [1.807, 2.05) is 0 Å². The van der Waals surface area contributed by atoms with Crippen LogP contribution >= 0.6 is 0 Å². The zero-order valence-corrected chi connectivity index (χ0v) is 11.0. The van der Waals surface area contributed by atoms with Gasteiger partial charge in [-0.1, -0.05) is 0 Å². The van der Waals surface area contributed by atoms with Crippen molar-refractivity contribution in [3.05, 3.63) is 23.8 Å². The van der Waals surface area contributed by atoms with Crippen LogP contribution < -0.4 is 5.73 Å². The molecule has 1 saturated heterocycles. The number of aliphatic hydroxyl groups excluding tert-OH is 1. The van der Waals surface area contributed by atoms with Crippen LogP contribution in [0.5, 0.6) is 0 Å². The van der Waals surface area contributed by atoms with Crippen molar-refractivity contribution in [3.63, 3.8) is 0 Å². The van der Waals surface area contributed by atoms with Crippen molar-refractivity contribution in [1.82, 2.24) is 9.97 Å². The molecule has 2 rings (SSSR count). The van der Waals surface area contributed by atoms with Gasteiger partial charge in [0.05, 0.1) is 17.2 Å². The van der Waals surface area contributed by atoms with Gasteiger partial charge in [0.15, 0.2) is 9.84 Å². The van der Waals surface area contributed by atoms with E-state index in [9.17, 15) is 13.5 Å². The van der Waals surface area contributed by atoms with E-state index in [1.54, 1.807) is 19.2 Å². The Morgan fingerprint density at radius 2 is 2.33 bits per heavy atom. The van der Waals surface area contributed by atoms with Crippen LogP contribution in [-0.4, -0.2) is 41.5 Å². The monoisotopic (exact) mass is 271 g/mol. The van der Waals surface area contributed by atoms with Crippen molar-refractivity contribution >= 4 is 9.84 Å². The van der Waals surface area contributed by atoms with Crippen molar-refractivity contribution in [2.45, 2.75) is 19.4 Å². The summed E-state index contributed by atoms with van der Waals surface area (Å²) in [5, 5.41) is 10.4. The maximum absolute atomic E-state index is 11.6. The van der Waals surface area contributed by atoms with Crippen LogP contribution in [0.15, 0.2) is 12.3 Å². The van der Waals surface area contributed by atoms with Gasteiger partial charge in [0.2, 0.25) is 0 Å². The third-order valence-corrected chi connectivity index (χ3v) is 5.32. The number of aromatic nitrogens is 2. The highest BCUT2D eigenvalue weighted by Gasteiger charge is 2.47. The Balaban J connectivity index is 2.34. The molecule has 0 amide bonds. The molecule has 1 aromatic heterocycles. The minimum absolute atomic E-state index is 0.0747. The SMILES string of the molecule is Cc1nccc(C(O)C2(CN)CCS(=O)(=O)C2)n1. The van der Waals surface area contributed by atoms with E-state index in [4.69, 9.17) is 5.73 Å². The number of aryl methyl sites for hydroxylation is 1. The lowest BCUT2D eigenvalue weighted by Crippen LogP contribution is -2.38. The van der Waals surface area contributed by atoms with Crippen molar-refractivity contribution in [1.29, 1.82) is 0 Å². The molecule has 0 spiro atoms. The molecular formula is C11H17N3O3S. The molecular weight excluding hydrogens is 254 g/mol. The highest BCUT2D eigenvalue weighted by molar-refractivity contribution is 7.91. The van der Waals surface area contributed by atoms with Crippen molar-refractivity contribution < 1.29 is 13.5 Å². The number of hydrogen-bond donors (Lipinski definition) is 2. The minimum atomic E-state index is -3.11. The van der Waals surface area contributed by atoms with Crippen molar-refractivity contribution in [2.24, 2.45) is 11.1 Å². The summed E-state index contributed by atoms with van der Waals surface area (Å²) in [6, 6.07) is 1.60. The topological polar surface area (TPSA) is 106 Å². The predicted octanol–water partition coefficient (Wildman–Crippen LogP) is -0.418. The number of aliphatic hydroxyl groups is 1. The zero-order valence-electron chi connectivity index (χ0n) is 10.2. The van der Waals surface area contributed by atoms with E-state index in [-0.39, 0.29) is 18.1 Å². The van der Waals surface area contributed by atoms with Gasteiger partial charge in [-0.05, 0) is 19.4 Å². The molecule has 0 saturated carbocycles. The van der Waals surface area contributed by atoms with Crippen molar-refractivity contribution in [2.75, 3.05) is 18.1 Å². The third-order valence-electron chi connectivity index (χ3n) is 3.48. The highest BCUT2D eigenvalue weighted by Crippen LogP contribution is 2.41. The second-order valence-electron chi connectivity index (χ2n) is 4.84. The summed E-state index contributed by atoms with van der Waals surface area (Å²) in [5.74, 6) is 0.533. The quantitative estimate of drug-likeness (QED) is 0.773. The molecule has 0 aromatic carbocycles. The maximum Gasteiger partial charge on any atom is 0.151 e. The molecule has 1 fully saturated rings. The van der Waals surface area contributed by atoms with Gasteiger partial charge < -0.3 is 10.8 Å². The second kappa shape index (κ2) is 4.56. The lowest BCUT2D eigenvalue weighted by atomic mass is 9.80. The molecule has 1 aromatic rings. The molecule has 0 radical (unpaired) electrons. The third kappa shape index (κ3) is 2.38. The van der Waals surface area contributed by atoms with Gasteiger partial charge in [0.1, 0.15) is 11.9 Å². The summed E-state index contributed by atoms with van der Waals surface area (Å²) in [4.78, 5) is 8.10. The van der Waals surface area contributed by atoms with E-state index >= 15 is 0 Å². The lowest BCUT2D eigenvalue weighted by Gasteiger charge is -2.31. The van der Waals surface area contributed by atoms with E-state index in [1.165, 1.54) is 0 Å². The summed E-state index contributed by atoms with van der Waals surface area (Å²) in [7, 11) is -3.11. The van der Waals surface area contributed by atoms with Crippen LogP contribution in [0.4, 0.5) is 0 Å². The Hall–Kier alpha value is -1.05. The Labute approximate surface area is 106 Å². The van der Waals surface area contributed by atoms with E-state index in [2.05, 4.69) is 9.97 Å². The average molecular weight is 271 g/mol. The average Bonchev–Trinajstić information content (AvgIpc) is 2.65. The Morgan fingerprint density at radius 3 is 2.83 bits per heavy atom. The van der Waals surface area contributed by atoms with Gasteiger partial charge >= 0.3 is 0 Å². The molecule has 1 aliphatic rings. The first-order chi connectivity index (χ1) is 8.38. The molecule has 0 bridgehead atoms. The highest BCUT2D eigenvalue weighted by atomic mass is 32.2. The van der Waals surface area contributed by atoms with Gasteiger partial charge in [-0.2, -0.15) is 0 Å². The first-order valence-corrected chi connectivity index (χ1v) is 7.59. The molecule has 0 aliphatic carbocycles. The molecule has 7 heteroatoms. The Morgan fingerprint density at radius 1 is 1.61 bits per heavy atom. The lowest BCUT2D eigenvalue weighted by molar-refractivity contribution is 0.0434. The van der Waals surface area contributed by atoms with Crippen LogP contribution in [0.2, 0.25) is 0 Å². The first-order valence-electron chi connectivity index (χ1n) is 5.77. The molecule has 3 N–H and O–H groups in total. The standard InChI is InChI=1S/C11H17N3O3S/c1-8-13-4-2-9(14-8)10(15)11(6-12)3-5-18(16,17)7-11/h2,4,10,15H,3,5-7,12H2,1H3. The number of hydrogen-bond acceptors (Lipinski definition) is 6. The maximum atomic E-state index is 11.6. The smallest absolute Gasteiger partial charge is 0.151 e. The van der Waals surface area contributed by atoms with Crippen LogP contribution in [0.1, 0.15) is 24.0 Å². The number of sulfone groups is 1. The fourth-order valence-electron chi connectivity index (χ4n) is 2.37. The zero-order chi connectivity index (χ0) is 13.4. The fourth-order valence-corrected chi connectivity index (χ4v) is 4.53. The molecule has 2 atom stereocenters. The summed E-state index contributed by atoms with van der Waals surface area (Å²) in [6.07, 6.45) is 0.950. The van der Waals surface area contributed by atoms with Gasteiger partial charge in [-0.15, -0.1) is 0 Å². The fraction of sp³-hybridized carbons (Fsp3) is 0.636. The van der Waals surface area contributed by atoms with Crippen LogP contribution in [0.3, 0.4) is 0 Å². The van der Waals surface area contributed by atoms with Crippen LogP contribution in [-0.2, 0) is 9.84 Å². The summed E-state index contributed by atoms with van der Waals surface area (Å²) in [5.41, 5.74) is 5.31. The normalized spacial score (nSPS) is 28.2. The van der Waals surface area contributed by atoms with E-state index in [0.29, 0.717) is 17.9 Å². The largest absolute Gasteiger partial charge is 0.386 e. The molecule has 18 heavy (non-hydrogen) atoms. The Kier molecular flexibility index (Phi) is 3.39. The van der Waals surface area contributed by atoms with Crippen LogP contribution in [0.25, 0.3) is 0 Å². The molecule has 2 heterocycles. The van der Waals surface area contributed by atoms with Gasteiger partial charge in [0.25, 0.3) is 0 Å². The van der Waals surface area contributed by atoms with E-state index in [0.717, 1.165) is 0 Å². The number of rotatable bonds is 3. The van der Waals surface area contributed by atoms with Gasteiger partial charge in [0, 0.05) is 18.2 Å². The number of nitrogens with zero attached hydrogens (tertiary/aromatic N) is 2. The van der Waals surface area contributed by atoms with E-state index < -0.39 is 21.4 Å². The molecule has 2 unspecified atom stereocenters. The molecule has 1 aliphatic heterocycles. The summed E-state index contributed by atoms with van der Waals surface area (Å²) < 4.78 is 23.2. The van der Waals surface area contributed by atoms with Crippen LogP contribution in [0, 0.1) is 12.3 Å². The summed E-state index contributed by atoms with van der Waals surface area (Å²) >= 11 is 0. The first kappa shape index (κ1) is 13.4.